The van der Waals surface area contributed by atoms with Gasteiger partial charge in [-0.25, -0.2) is 0 Å². The van der Waals surface area contributed by atoms with E-state index >= 15 is 0 Å². The third kappa shape index (κ3) is 3.23. The van der Waals surface area contributed by atoms with Gasteiger partial charge in [-0.3, -0.25) is 4.79 Å². The number of benzene rings is 2. The number of ether oxygens (including phenoxy) is 2. The SMILES string of the molecule is Cc1ccccc1Cn1c(C(=O)NCc2ccc3c(c2)OCO3)cc2occc21. The van der Waals surface area contributed by atoms with E-state index in [4.69, 9.17) is 13.9 Å². The lowest BCUT2D eigenvalue weighted by atomic mass is 10.1. The highest BCUT2D eigenvalue weighted by Gasteiger charge is 2.19. The Kier molecular flexibility index (Phi) is 4.24. The topological polar surface area (TPSA) is 65.6 Å². The van der Waals surface area contributed by atoms with Crippen LogP contribution in [0.5, 0.6) is 11.5 Å². The number of hydrogen-bond donors (Lipinski definition) is 1. The summed E-state index contributed by atoms with van der Waals surface area (Å²) in [4.78, 5) is 13.0. The van der Waals surface area contributed by atoms with Crippen LogP contribution in [0, 0.1) is 6.92 Å². The van der Waals surface area contributed by atoms with E-state index in [1.54, 1.807) is 12.3 Å². The number of nitrogens with one attached hydrogen (secondary N) is 1. The molecule has 2 aromatic heterocycles. The number of hydrogen-bond acceptors (Lipinski definition) is 4. The molecule has 6 nitrogen and oxygen atoms in total. The lowest BCUT2D eigenvalue weighted by Gasteiger charge is -2.12. The second kappa shape index (κ2) is 7.05. The number of rotatable bonds is 5. The molecule has 0 atom stereocenters. The molecule has 0 spiro atoms. The second-order valence-electron chi connectivity index (χ2n) is 7.08. The molecule has 1 amide bonds. The molecule has 0 unspecified atom stereocenters. The molecule has 0 saturated heterocycles. The first kappa shape index (κ1) is 17.4. The zero-order valence-corrected chi connectivity index (χ0v) is 16.0. The van der Waals surface area contributed by atoms with Gasteiger partial charge in [-0.1, -0.05) is 30.3 Å². The molecule has 1 aliphatic heterocycles. The Bertz CT molecular complexity index is 1200. The van der Waals surface area contributed by atoms with E-state index < -0.39 is 0 Å². The highest BCUT2D eigenvalue weighted by molar-refractivity contribution is 5.97. The fraction of sp³-hybridized carbons (Fsp3) is 0.174. The van der Waals surface area contributed by atoms with Crippen LogP contribution in [0.4, 0.5) is 0 Å². The molecule has 2 aromatic carbocycles. The minimum absolute atomic E-state index is 0.150. The lowest BCUT2D eigenvalue weighted by molar-refractivity contribution is 0.0942. The van der Waals surface area contributed by atoms with Crippen LogP contribution in [0.2, 0.25) is 0 Å². The quantitative estimate of drug-likeness (QED) is 0.555. The van der Waals surface area contributed by atoms with E-state index in [2.05, 4.69) is 24.4 Å². The molecule has 4 aromatic rings. The maximum absolute atomic E-state index is 13.0. The Morgan fingerprint density at radius 3 is 2.83 bits per heavy atom. The summed E-state index contributed by atoms with van der Waals surface area (Å²) in [5.41, 5.74) is 5.47. The average molecular weight is 388 g/mol. The first-order chi connectivity index (χ1) is 14.2. The predicted octanol–water partition coefficient (Wildman–Crippen LogP) is 4.25. The van der Waals surface area contributed by atoms with Crippen molar-refractivity contribution in [2.75, 3.05) is 6.79 Å². The van der Waals surface area contributed by atoms with Gasteiger partial charge in [0.05, 0.1) is 11.8 Å². The highest BCUT2D eigenvalue weighted by Crippen LogP contribution is 2.32. The van der Waals surface area contributed by atoms with Crippen LogP contribution >= 0.6 is 0 Å². The Labute approximate surface area is 167 Å². The summed E-state index contributed by atoms with van der Waals surface area (Å²) in [6.07, 6.45) is 1.65. The fourth-order valence-corrected chi connectivity index (χ4v) is 3.62. The number of fused-ring (bicyclic) bond motifs is 2. The first-order valence-electron chi connectivity index (χ1n) is 9.47. The summed E-state index contributed by atoms with van der Waals surface area (Å²) in [5, 5.41) is 3.00. The summed E-state index contributed by atoms with van der Waals surface area (Å²) in [5.74, 6) is 1.28. The molecular weight excluding hydrogens is 368 g/mol. The van der Waals surface area contributed by atoms with Gasteiger partial charge in [0, 0.05) is 25.2 Å². The molecule has 0 fully saturated rings. The van der Waals surface area contributed by atoms with Crippen molar-refractivity contribution in [2.45, 2.75) is 20.0 Å². The van der Waals surface area contributed by atoms with Gasteiger partial charge in [-0.05, 0) is 35.7 Å². The van der Waals surface area contributed by atoms with Crippen molar-refractivity contribution in [1.82, 2.24) is 9.88 Å². The Hall–Kier alpha value is -3.67. The maximum atomic E-state index is 13.0. The highest BCUT2D eigenvalue weighted by atomic mass is 16.7. The van der Waals surface area contributed by atoms with Crippen LogP contribution in [-0.4, -0.2) is 17.3 Å². The summed E-state index contributed by atoms with van der Waals surface area (Å²) >= 11 is 0. The fourth-order valence-electron chi connectivity index (χ4n) is 3.62. The molecule has 0 radical (unpaired) electrons. The molecule has 6 heteroatoms. The Morgan fingerprint density at radius 1 is 1.07 bits per heavy atom. The van der Waals surface area contributed by atoms with Gasteiger partial charge >= 0.3 is 0 Å². The predicted molar refractivity (Wildman–Crippen MR) is 108 cm³/mol. The van der Waals surface area contributed by atoms with Gasteiger partial charge in [0.1, 0.15) is 5.69 Å². The van der Waals surface area contributed by atoms with Crippen LogP contribution in [-0.2, 0) is 13.1 Å². The molecule has 0 saturated carbocycles. The standard InChI is InChI=1S/C23H20N2O4/c1-15-4-2-3-5-17(15)13-25-18-8-9-27-21(18)11-19(25)23(26)24-12-16-6-7-20-22(10-16)29-14-28-20/h2-11H,12-14H2,1H3,(H,24,26). The van der Waals surface area contributed by atoms with Gasteiger partial charge in [0.15, 0.2) is 17.1 Å². The monoisotopic (exact) mass is 388 g/mol. The molecule has 3 heterocycles. The summed E-state index contributed by atoms with van der Waals surface area (Å²) in [6, 6.07) is 17.5. The van der Waals surface area contributed by atoms with Gasteiger partial charge in [0.2, 0.25) is 6.79 Å². The smallest absolute Gasteiger partial charge is 0.268 e. The van der Waals surface area contributed by atoms with Gasteiger partial charge in [-0.15, -0.1) is 0 Å². The number of furan rings is 1. The van der Waals surface area contributed by atoms with Crippen molar-refractivity contribution in [1.29, 1.82) is 0 Å². The van der Waals surface area contributed by atoms with Crippen LogP contribution in [0.15, 0.2) is 65.3 Å². The van der Waals surface area contributed by atoms with Crippen molar-refractivity contribution >= 4 is 17.0 Å². The van der Waals surface area contributed by atoms with Gasteiger partial charge in [0.25, 0.3) is 5.91 Å². The molecule has 146 valence electrons. The normalized spacial score (nSPS) is 12.4. The zero-order chi connectivity index (χ0) is 19.8. The van der Waals surface area contributed by atoms with E-state index in [1.807, 2.05) is 41.0 Å². The van der Waals surface area contributed by atoms with Crippen molar-refractivity contribution in [2.24, 2.45) is 0 Å². The van der Waals surface area contributed by atoms with Crippen LogP contribution in [0.3, 0.4) is 0 Å². The molecule has 0 bridgehead atoms. The van der Waals surface area contributed by atoms with Crippen molar-refractivity contribution < 1.29 is 18.7 Å². The van der Waals surface area contributed by atoms with Gasteiger partial charge in [-0.2, -0.15) is 0 Å². The molecule has 1 aliphatic rings. The second-order valence-corrected chi connectivity index (χ2v) is 7.08. The maximum Gasteiger partial charge on any atom is 0.268 e. The zero-order valence-electron chi connectivity index (χ0n) is 16.0. The van der Waals surface area contributed by atoms with E-state index in [0.717, 1.165) is 22.4 Å². The average Bonchev–Trinajstić information content (AvgIpc) is 3.44. The number of nitrogens with zero attached hydrogens (tertiary/aromatic N) is 1. The summed E-state index contributed by atoms with van der Waals surface area (Å²) in [6.45, 7) is 3.30. The van der Waals surface area contributed by atoms with E-state index in [9.17, 15) is 4.79 Å². The number of amides is 1. The number of aromatic nitrogens is 1. The largest absolute Gasteiger partial charge is 0.463 e. The van der Waals surface area contributed by atoms with E-state index in [0.29, 0.717) is 30.1 Å². The number of carbonyl (C=O) groups is 1. The third-order valence-electron chi connectivity index (χ3n) is 5.24. The van der Waals surface area contributed by atoms with Crippen LogP contribution in [0.25, 0.3) is 11.1 Å². The molecule has 5 rings (SSSR count). The minimum atomic E-state index is -0.150. The number of aryl methyl sites for hydroxylation is 1. The van der Waals surface area contributed by atoms with Crippen molar-refractivity contribution in [3.63, 3.8) is 0 Å². The van der Waals surface area contributed by atoms with E-state index in [-0.39, 0.29) is 12.7 Å². The van der Waals surface area contributed by atoms with Crippen LogP contribution in [0.1, 0.15) is 27.2 Å². The molecule has 1 N–H and O–H groups in total. The lowest BCUT2D eigenvalue weighted by Crippen LogP contribution is -2.25. The van der Waals surface area contributed by atoms with Crippen LogP contribution < -0.4 is 14.8 Å². The van der Waals surface area contributed by atoms with Crippen molar-refractivity contribution in [3.8, 4) is 11.5 Å². The number of carbonyl (C=O) groups excluding carboxylic acids is 1. The molecular formula is C23H20N2O4. The Balaban J connectivity index is 1.40. The third-order valence-corrected chi connectivity index (χ3v) is 5.24. The first-order valence-corrected chi connectivity index (χ1v) is 9.47. The molecule has 29 heavy (non-hydrogen) atoms. The molecule has 0 aliphatic carbocycles. The van der Waals surface area contributed by atoms with E-state index in [1.165, 1.54) is 5.56 Å². The summed E-state index contributed by atoms with van der Waals surface area (Å²) < 4.78 is 18.3. The Morgan fingerprint density at radius 2 is 1.93 bits per heavy atom. The van der Waals surface area contributed by atoms with Crippen molar-refractivity contribution in [3.05, 3.63) is 83.2 Å². The minimum Gasteiger partial charge on any atom is -0.463 e. The summed E-state index contributed by atoms with van der Waals surface area (Å²) in [7, 11) is 0. The van der Waals surface area contributed by atoms with Gasteiger partial charge < -0.3 is 23.8 Å².